The van der Waals surface area contributed by atoms with E-state index < -0.39 is 48.7 Å². The fourth-order valence-electron chi connectivity index (χ4n) is 4.90. The Morgan fingerprint density at radius 1 is 1.15 bits per heavy atom. The molecule has 0 spiro atoms. The summed E-state index contributed by atoms with van der Waals surface area (Å²) in [4.78, 5) is 37.3. The van der Waals surface area contributed by atoms with E-state index in [1.807, 2.05) is 6.92 Å². The van der Waals surface area contributed by atoms with Gasteiger partial charge in [-0.3, -0.25) is 0 Å². The van der Waals surface area contributed by atoms with Gasteiger partial charge in [0, 0.05) is 23.8 Å². The highest BCUT2D eigenvalue weighted by molar-refractivity contribution is 5.93. The van der Waals surface area contributed by atoms with Crippen molar-refractivity contribution in [2.45, 2.75) is 45.5 Å². The van der Waals surface area contributed by atoms with E-state index in [1.165, 1.54) is 12.2 Å². The molecule has 178 valence electrons. The lowest BCUT2D eigenvalue weighted by atomic mass is 9.79. The zero-order valence-electron chi connectivity index (χ0n) is 19.1. The van der Waals surface area contributed by atoms with Crippen LogP contribution >= 0.6 is 0 Å². The van der Waals surface area contributed by atoms with Gasteiger partial charge in [0.2, 0.25) is 0 Å². The maximum atomic E-state index is 12.9. The third kappa shape index (κ3) is 4.58. The SMILES string of the molecule is C=C1C(=O)OC2C1C(OC(=O)C(=CC)COC(=O)C(=CC)CO)CC(=C)C1C(O)C=C(C)C21. The number of carbonyl (C=O) groups is 3. The second-order valence-corrected chi connectivity index (χ2v) is 8.54. The molecule has 2 aliphatic carbocycles. The van der Waals surface area contributed by atoms with E-state index in [0.29, 0.717) is 5.57 Å². The Morgan fingerprint density at radius 2 is 1.82 bits per heavy atom. The van der Waals surface area contributed by atoms with Crippen molar-refractivity contribution in [2.24, 2.45) is 17.8 Å². The topological polar surface area (TPSA) is 119 Å². The van der Waals surface area contributed by atoms with Gasteiger partial charge in [-0.05, 0) is 20.8 Å². The summed E-state index contributed by atoms with van der Waals surface area (Å²) in [6.07, 6.45) is 2.70. The number of ether oxygens (including phenoxy) is 3. The van der Waals surface area contributed by atoms with Crippen molar-refractivity contribution in [1.82, 2.24) is 0 Å². The molecule has 0 radical (unpaired) electrons. The molecule has 0 amide bonds. The number of fused-ring (bicyclic) bond motifs is 3. The zero-order valence-corrected chi connectivity index (χ0v) is 19.1. The summed E-state index contributed by atoms with van der Waals surface area (Å²) in [6.45, 7) is 12.3. The van der Waals surface area contributed by atoms with E-state index in [-0.39, 0.29) is 41.6 Å². The molecule has 8 nitrogen and oxygen atoms in total. The Morgan fingerprint density at radius 3 is 2.42 bits per heavy atom. The predicted molar refractivity (Wildman–Crippen MR) is 118 cm³/mol. The van der Waals surface area contributed by atoms with Gasteiger partial charge in [0.15, 0.2) is 0 Å². The lowest BCUT2D eigenvalue weighted by molar-refractivity contribution is -0.149. The summed E-state index contributed by atoms with van der Waals surface area (Å²) in [7, 11) is 0. The maximum absolute atomic E-state index is 12.9. The third-order valence-corrected chi connectivity index (χ3v) is 6.67. The first kappa shape index (κ1) is 24.7. The normalized spacial score (nSPS) is 31.9. The molecule has 0 aromatic rings. The third-order valence-electron chi connectivity index (χ3n) is 6.67. The van der Waals surface area contributed by atoms with Gasteiger partial charge in [0.25, 0.3) is 0 Å². The highest BCUT2D eigenvalue weighted by atomic mass is 16.6. The van der Waals surface area contributed by atoms with Crippen LogP contribution in [0.1, 0.15) is 27.2 Å². The number of aliphatic hydroxyl groups excluding tert-OH is 2. The molecule has 1 heterocycles. The van der Waals surface area contributed by atoms with Crippen LogP contribution in [0.4, 0.5) is 0 Å². The molecule has 8 heteroatoms. The Balaban J connectivity index is 1.80. The van der Waals surface area contributed by atoms with Crippen molar-refractivity contribution >= 4 is 17.9 Å². The van der Waals surface area contributed by atoms with E-state index in [2.05, 4.69) is 13.2 Å². The lowest BCUT2D eigenvalue weighted by Gasteiger charge is -2.29. The Hall–Kier alpha value is -2.97. The molecule has 1 aliphatic heterocycles. The molecule has 1 saturated carbocycles. The van der Waals surface area contributed by atoms with Crippen molar-refractivity contribution in [1.29, 1.82) is 0 Å². The van der Waals surface area contributed by atoms with E-state index in [0.717, 1.165) is 5.57 Å². The van der Waals surface area contributed by atoms with Gasteiger partial charge in [-0.2, -0.15) is 0 Å². The second kappa shape index (κ2) is 9.89. The highest BCUT2D eigenvalue weighted by Gasteiger charge is 2.56. The smallest absolute Gasteiger partial charge is 0.337 e. The maximum Gasteiger partial charge on any atom is 0.337 e. The number of carbonyl (C=O) groups excluding carboxylic acids is 3. The van der Waals surface area contributed by atoms with Gasteiger partial charge in [-0.25, -0.2) is 14.4 Å². The first-order valence-corrected chi connectivity index (χ1v) is 10.9. The molecule has 2 N–H and O–H groups in total. The van der Waals surface area contributed by atoms with Crippen LogP contribution in [0.15, 0.2) is 59.3 Å². The van der Waals surface area contributed by atoms with Crippen LogP contribution in [-0.2, 0) is 28.6 Å². The number of allylic oxidation sites excluding steroid dienone is 2. The standard InChI is InChI=1S/C25H30O8/c1-6-15(10-26)24(29)31-11-16(7-2)25(30)32-18-9-13(4)19-17(27)8-12(3)20(19)22-21(18)14(5)23(28)33-22/h6-8,17-22,26-27H,4-5,9-11H2,1-3H3. The molecule has 0 aromatic heterocycles. The van der Waals surface area contributed by atoms with E-state index in [1.54, 1.807) is 19.9 Å². The van der Waals surface area contributed by atoms with Crippen molar-refractivity contribution in [3.63, 3.8) is 0 Å². The van der Waals surface area contributed by atoms with Gasteiger partial charge in [0.1, 0.15) is 18.8 Å². The predicted octanol–water partition coefficient (Wildman–Crippen LogP) is 1.94. The molecule has 6 atom stereocenters. The summed E-state index contributed by atoms with van der Waals surface area (Å²) in [5.41, 5.74) is 1.99. The average molecular weight is 459 g/mol. The van der Waals surface area contributed by atoms with E-state index in [9.17, 15) is 24.6 Å². The minimum absolute atomic E-state index is 0.0770. The minimum Gasteiger partial charge on any atom is -0.458 e. The van der Waals surface area contributed by atoms with Crippen molar-refractivity contribution in [2.75, 3.05) is 13.2 Å². The summed E-state index contributed by atoms with van der Waals surface area (Å²) in [5, 5.41) is 19.7. The number of aliphatic hydroxyl groups is 2. The number of rotatable bonds is 6. The van der Waals surface area contributed by atoms with Crippen LogP contribution in [0.5, 0.6) is 0 Å². The monoisotopic (exact) mass is 458 g/mol. The summed E-state index contributed by atoms with van der Waals surface area (Å²) in [6, 6.07) is 0. The number of esters is 3. The van der Waals surface area contributed by atoms with Gasteiger partial charge in [0.05, 0.1) is 29.8 Å². The molecule has 0 aromatic carbocycles. The Labute approximate surface area is 192 Å². The van der Waals surface area contributed by atoms with Gasteiger partial charge in [-0.15, -0.1) is 0 Å². The Bertz CT molecular complexity index is 969. The lowest BCUT2D eigenvalue weighted by Crippen LogP contribution is -2.37. The minimum atomic E-state index is -0.784. The van der Waals surface area contributed by atoms with Crippen LogP contribution in [-0.4, -0.2) is 59.6 Å². The second-order valence-electron chi connectivity index (χ2n) is 8.54. The number of hydrogen-bond acceptors (Lipinski definition) is 8. The largest absolute Gasteiger partial charge is 0.458 e. The van der Waals surface area contributed by atoms with E-state index in [4.69, 9.17) is 14.2 Å². The van der Waals surface area contributed by atoms with Gasteiger partial charge >= 0.3 is 17.9 Å². The van der Waals surface area contributed by atoms with Gasteiger partial charge < -0.3 is 24.4 Å². The average Bonchev–Trinajstić information content (AvgIpc) is 3.18. The van der Waals surface area contributed by atoms with Crippen molar-refractivity contribution in [3.05, 3.63) is 59.3 Å². The summed E-state index contributed by atoms with van der Waals surface area (Å²) >= 11 is 0. The zero-order chi connectivity index (χ0) is 24.4. The van der Waals surface area contributed by atoms with Crippen LogP contribution in [0.25, 0.3) is 0 Å². The fraction of sp³-hybridized carbons (Fsp3) is 0.480. The van der Waals surface area contributed by atoms with Crippen molar-refractivity contribution < 1.29 is 38.8 Å². The molecule has 3 rings (SSSR count). The van der Waals surface area contributed by atoms with Crippen LogP contribution in [0.2, 0.25) is 0 Å². The van der Waals surface area contributed by atoms with Crippen LogP contribution < -0.4 is 0 Å². The molecule has 3 aliphatic rings. The highest BCUT2D eigenvalue weighted by Crippen LogP contribution is 2.51. The van der Waals surface area contributed by atoms with Crippen LogP contribution in [0, 0.1) is 17.8 Å². The Kier molecular flexibility index (Phi) is 7.39. The van der Waals surface area contributed by atoms with Crippen LogP contribution in [0.3, 0.4) is 0 Å². The van der Waals surface area contributed by atoms with Crippen molar-refractivity contribution in [3.8, 4) is 0 Å². The molecule has 33 heavy (non-hydrogen) atoms. The molecule has 2 fully saturated rings. The molecule has 0 bridgehead atoms. The molecular formula is C25H30O8. The molecule has 1 saturated heterocycles. The molecule has 6 unspecified atom stereocenters. The summed E-state index contributed by atoms with van der Waals surface area (Å²) in [5.74, 6) is -3.20. The molecular weight excluding hydrogens is 428 g/mol. The quantitative estimate of drug-likeness (QED) is 0.268. The van der Waals surface area contributed by atoms with Gasteiger partial charge in [-0.1, -0.05) is 42.5 Å². The fourth-order valence-corrected chi connectivity index (χ4v) is 4.90. The first-order valence-electron chi connectivity index (χ1n) is 10.9. The summed E-state index contributed by atoms with van der Waals surface area (Å²) < 4.78 is 16.5. The van der Waals surface area contributed by atoms with E-state index >= 15 is 0 Å². The number of hydrogen-bond donors (Lipinski definition) is 2. The first-order chi connectivity index (χ1) is 15.6.